The summed E-state index contributed by atoms with van der Waals surface area (Å²) < 4.78 is 5.21. The lowest BCUT2D eigenvalue weighted by Crippen LogP contribution is -2.12. The molecule has 82 valence electrons. The highest BCUT2D eigenvalue weighted by Crippen LogP contribution is 2.31. The minimum absolute atomic E-state index is 0.282. The van der Waals surface area contributed by atoms with Crippen LogP contribution >= 0.6 is 0 Å². The van der Waals surface area contributed by atoms with Gasteiger partial charge >= 0.3 is 5.69 Å². The topological polar surface area (TPSA) is 81.0 Å². The van der Waals surface area contributed by atoms with Gasteiger partial charge in [-0.15, -0.1) is 0 Å². The lowest BCUT2D eigenvalue weighted by molar-refractivity contribution is 0.416. The number of benzene rings is 1. The molecule has 0 amide bonds. The molecule has 5 heteroatoms. The van der Waals surface area contributed by atoms with Gasteiger partial charge in [0.25, 0.3) is 0 Å². The van der Waals surface area contributed by atoms with Crippen LogP contribution in [0.4, 0.5) is 5.82 Å². The van der Waals surface area contributed by atoms with Gasteiger partial charge in [0.1, 0.15) is 11.6 Å². The van der Waals surface area contributed by atoms with Gasteiger partial charge < -0.3 is 10.5 Å². The SMILES string of the molecule is COc1ccccc1-c1cnc(=O)[nH]c1N. The molecule has 0 unspecified atom stereocenters. The first-order valence-corrected chi connectivity index (χ1v) is 4.70. The lowest BCUT2D eigenvalue weighted by Gasteiger charge is -2.09. The largest absolute Gasteiger partial charge is 0.496 e. The van der Waals surface area contributed by atoms with E-state index >= 15 is 0 Å². The number of aromatic nitrogens is 2. The van der Waals surface area contributed by atoms with Crippen LogP contribution in [0.25, 0.3) is 11.1 Å². The highest BCUT2D eigenvalue weighted by atomic mass is 16.5. The summed E-state index contributed by atoms with van der Waals surface area (Å²) in [6.45, 7) is 0. The number of nitrogens with zero attached hydrogens (tertiary/aromatic N) is 1. The van der Waals surface area contributed by atoms with Crippen LogP contribution in [-0.4, -0.2) is 17.1 Å². The van der Waals surface area contributed by atoms with Crippen molar-refractivity contribution < 1.29 is 4.74 Å². The van der Waals surface area contributed by atoms with Gasteiger partial charge in [0, 0.05) is 17.3 Å². The van der Waals surface area contributed by atoms with Crippen LogP contribution in [0.15, 0.2) is 35.3 Å². The minimum atomic E-state index is -0.462. The van der Waals surface area contributed by atoms with Gasteiger partial charge in [-0.3, -0.25) is 4.98 Å². The fourth-order valence-corrected chi connectivity index (χ4v) is 1.49. The van der Waals surface area contributed by atoms with Crippen molar-refractivity contribution in [1.29, 1.82) is 0 Å². The van der Waals surface area contributed by atoms with Crippen molar-refractivity contribution in [3.63, 3.8) is 0 Å². The third-order valence-corrected chi connectivity index (χ3v) is 2.24. The molecule has 3 N–H and O–H groups in total. The van der Waals surface area contributed by atoms with E-state index in [4.69, 9.17) is 10.5 Å². The highest BCUT2D eigenvalue weighted by molar-refractivity contribution is 5.77. The summed E-state index contributed by atoms with van der Waals surface area (Å²) in [6.07, 6.45) is 1.44. The third kappa shape index (κ3) is 1.75. The zero-order chi connectivity index (χ0) is 11.5. The normalized spacial score (nSPS) is 10.1. The van der Waals surface area contributed by atoms with Gasteiger partial charge in [0.2, 0.25) is 0 Å². The highest BCUT2D eigenvalue weighted by Gasteiger charge is 2.08. The van der Waals surface area contributed by atoms with Crippen LogP contribution in [0.1, 0.15) is 0 Å². The van der Waals surface area contributed by atoms with Crippen LogP contribution in [-0.2, 0) is 0 Å². The Kier molecular flexibility index (Phi) is 2.59. The van der Waals surface area contributed by atoms with Crippen molar-refractivity contribution in [2.75, 3.05) is 12.8 Å². The molecule has 0 fully saturated rings. The van der Waals surface area contributed by atoms with E-state index in [1.54, 1.807) is 7.11 Å². The second kappa shape index (κ2) is 4.06. The standard InChI is InChI=1S/C11H11N3O2/c1-16-9-5-3-2-4-7(9)8-6-13-11(15)14-10(8)12/h2-6H,1H3,(H3,12,13,14,15). The molecule has 0 atom stereocenters. The molecule has 0 bridgehead atoms. The van der Waals surface area contributed by atoms with E-state index in [9.17, 15) is 4.79 Å². The number of aromatic amines is 1. The van der Waals surface area contributed by atoms with Crippen molar-refractivity contribution >= 4 is 5.82 Å². The summed E-state index contributed by atoms with van der Waals surface area (Å²) in [5.74, 6) is 0.965. The van der Waals surface area contributed by atoms with Gasteiger partial charge in [-0.1, -0.05) is 18.2 Å². The molecule has 0 spiro atoms. The van der Waals surface area contributed by atoms with E-state index in [-0.39, 0.29) is 5.82 Å². The molecule has 1 aromatic heterocycles. The first-order chi connectivity index (χ1) is 7.72. The summed E-state index contributed by atoms with van der Waals surface area (Å²) in [7, 11) is 1.58. The third-order valence-electron chi connectivity index (χ3n) is 2.24. The number of rotatable bonds is 2. The molecule has 1 heterocycles. The number of hydrogen-bond acceptors (Lipinski definition) is 4. The zero-order valence-electron chi connectivity index (χ0n) is 8.73. The fraction of sp³-hybridized carbons (Fsp3) is 0.0909. The maximum Gasteiger partial charge on any atom is 0.346 e. The summed E-state index contributed by atoms with van der Waals surface area (Å²) in [6, 6.07) is 7.39. The Hall–Kier alpha value is -2.30. The van der Waals surface area contributed by atoms with E-state index in [1.807, 2.05) is 24.3 Å². The molecule has 0 saturated heterocycles. The number of ether oxygens (including phenoxy) is 1. The Balaban J connectivity index is 2.63. The first-order valence-electron chi connectivity index (χ1n) is 4.70. The molecular weight excluding hydrogens is 206 g/mol. The molecule has 16 heavy (non-hydrogen) atoms. The van der Waals surface area contributed by atoms with Gasteiger partial charge in [-0.05, 0) is 6.07 Å². The lowest BCUT2D eigenvalue weighted by atomic mass is 10.1. The van der Waals surface area contributed by atoms with E-state index in [1.165, 1.54) is 6.20 Å². The molecule has 0 aliphatic rings. The van der Waals surface area contributed by atoms with Crippen molar-refractivity contribution in [2.45, 2.75) is 0 Å². The average Bonchev–Trinajstić information content (AvgIpc) is 2.29. The van der Waals surface area contributed by atoms with Crippen LogP contribution in [0, 0.1) is 0 Å². The van der Waals surface area contributed by atoms with Crippen LogP contribution in [0.2, 0.25) is 0 Å². The zero-order valence-corrected chi connectivity index (χ0v) is 8.73. The smallest absolute Gasteiger partial charge is 0.346 e. The van der Waals surface area contributed by atoms with Gasteiger partial charge in [-0.25, -0.2) is 9.78 Å². The summed E-state index contributed by atoms with van der Waals surface area (Å²) in [5, 5.41) is 0. The summed E-state index contributed by atoms with van der Waals surface area (Å²) in [4.78, 5) is 17.0. The Morgan fingerprint density at radius 2 is 2.06 bits per heavy atom. The summed E-state index contributed by atoms with van der Waals surface area (Å²) >= 11 is 0. The molecule has 0 radical (unpaired) electrons. The van der Waals surface area contributed by atoms with E-state index in [0.717, 1.165) is 5.56 Å². The molecule has 2 rings (SSSR count). The average molecular weight is 217 g/mol. The number of para-hydroxylation sites is 1. The van der Waals surface area contributed by atoms with Crippen LogP contribution in [0.5, 0.6) is 5.75 Å². The Labute approximate surface area is 91.9 Å². The predicted octanol–water partition coefficient (Wildman–Crippen LogP) is 1.03. The maximum atomic E-state index is 11.0. The Morgan fingerprint density at radius 1 is 1.31 bits per heavy atom. The molecule has 1 aromatic carbocycles. The van der Waals surface area contributed by atoms with Gasteiger partial charge in [0.15, 0.2) is 0 Å². The minimum Gasteiger partial charge on any atom is -0.496 e. The van der Waals surface area contributed by atoms with Crippen LogP contribution in [0.3, 0.4) is 0 Å². The Bertz CT molecular complexity index is 563. The number of H-pyrrole nitrogens is 1. The molecule has 2 aromatic rings. The Morgan fingerprint density at radius 3 is 2.75 bits per heavy atom. The monoisotopic (exact) mass is 217 g/mol. The molecule has 0 aliphatic carbocycles. The number of nitrogens with one attached hydrogen (secondary N) is 1. The van der Waals surface area contributed by atoms with Crippen LogP contribution < -0.4 is 16.2 Å². The van der Waals surface area contributed by atoms with Gasteiger partial charge in [-0.2, -0.15) is 0 Å². The first kappa shape index (κ1) is 10.2. The number of nitrogens with two attached hydrogens (primary N) is 1. The number of nitrogen functional groups attached to an aromatic ring is 1. The molecule has 0 saturated carbocycles. The number of hydrogen-bond donors (Lipinski definition) is 2. The van der Waals surface area contributed by atoms with E-state index in [2.05, 4.69) is 9.97 Å². The molecule has 5 nitrogen and oxygen atoms in total. The van der Waals surface area contributed by atoms with Crippen molar-refractivity contribution in [2.24, 2.45) is 0 Å². The number of anilines is 1. The quantitative estimate of drug-likeness (QED) is 0.787. The van der Waals surface area contributed by atoms with Crippen molar-refractivity contribution in [1.82, 2.24) is 9.97 Å². The molecular formula is C11H11N3O2. The van der Waals surface area contributed by atoms with E-state index < -0.39 is 5.69 Å². The fourth-order valence-electron chi connectivity index (χ4n) is 1.49. The molecule has 0 aliphatic heterocycles. The van der Waals surface area contributed by atoms with Gasteiger partial charge in [0.05, 0.1) is 7.11 Å². The van der Waals surface area contributed by atoms with Crippen molar-refractivity contribution in [3.8, 4) is 16.9 Å². The second-order valence-electron chi connectivity index (χ2n) is 3.22. The maximum absolute atomic E-state index is 11.0. The second-order valence-corrected chi connectivity index (χ2v) is 3.22. The van der Waals surface area contributed by atoms with Crippen molar-refractivity contribution in [3.05, 3.63) is 40.9 Å². The predicted molar refractivity (Wildman–Crippen MR) is 61.3 cm³/mol. The summed E-state index contributed by atoms with van der Waals surface area (Å²) in [5.41, 5.74) is 6.71. The van der Waals surface area contributed by atoms with E-state index in [0.29, 0.717) is 11.3 Å². The number of methoxy groups -OCH3 is 1.